The fourth-order valence-corrected chi connectivity index (χ4v) is 3.84. The van der Waals surface area contributed by atoms with E-state index in [-0.39, 0.29) is 11.6 Å². The van der Waals surface area contributed by atoms with E-state index in [2.05, 4.69) is 15.5 Å². The van der Waals surface area contributed by atoms with Crippen LogP contribution < -0.4 is 5.32 Å². The third kappa shape index (κ3) is 4.28. The smallest absolute Gasteiger partial charge is 0.270 e. The number of benzene rings is 2. The van der Waals surface area contributed by atoms with Gasteiger partial charge in [-0.25, -0.2) is 0 Å². The number of rotatable bonds is 6. The molecular weight excluding hydrogens is 400 g/mol. The fourth-order valence-electron chi connectivity index (χ4n) is 3.14. The zero-order valence-electron chi connectivity index (χ0n) is 16.1. The fraction of sp³-hybridized carbons (Fsp3) is 0.0909. The highest BCUT2D eigenvalue weighted by Crippen LogP contribution is 2.26. The van der Waals surface area contributed by atoms with Crippen LogP contribution in [0.15, 0.2) is 53.9 Å². The summed E-state index contributed by atoms with van der Waals surface area (Å²) < 4.78 is 0. The molecule has 0 aliphatic rings. The van der Waals surface area contributed by atoms with Gasteiger partial charge in [0.25, 0.3) is 5.69 Å². The van der Waals surface area contributed by atoms with E-state index in [4.69, 9.17) is 0 Å². The Bertz CT molecular complexity index is 1260. The van der Waals surface area contributed by atoms with Crippen LogP contribution in [-0.4, -0.2) is 21.0 Å². The van der Waals surface area contributed by atoms with Gasteiger partial charge in [-0.05, 0) is 47.7 Å². The molecule has 0 saturated heterocycles. The van der Waals surface area contributed by atoms with Crippen LogP contribution in [0.25, 0.3) is 23.1 Å². The number of H-pyrrole nitrogens is 1. The quantitative estimate of drug-likeness (QED) is 0.332. The summed E-state index contributed by atoms with van der Waals surface area (Å²) in [6.07, 6.45) is 3.90. The van der Waals surface area contributed by atoms with Crippen LogP contribution in [0.4, 0.5) is 11.4 Å². The molecule has 0 spiro atoms. The molecule has 0 bridgehead atoms. The molecule has 4 aromatic rings. The molecule has 2 N–H and O–H groups in total. The van der Waals surface area contributed by atoms with Gasteiger partial charge in [-0.15, -0.1) is 11.3 Å². The third-order valence-electron chi connectivity index (χ3n) is 4.64. The van der Waals surface area contributed by atoms with Crippen molar-refractivity contribution in [3.63, 3.8) is 0 Å². The molecule has 0 aliphatic heterocycles. The Hall–Kier alpha value is -3.78. The summed E-state index contributed by atoms with van der Waals surface area (Å²) in [7, 11) is 0. The van der Waals surface area contributed by atoms with Crippen LogP contribution in [0.5, 0.6) is 0 Å². The average molecular weight is 418 g/mol. The van der Waals surface area contributed by atoms with E-state index in [1.54, 1.807) is 35.6 Å². The maximum absolute atomic E-state index is 12.4. The van der Waals surface area contributed by atoms with E-state index >= 15 is 0 Å². The number of hydrogen-bond donors (Lipinski definition) is 2. The SMILES string of the molecule is Cc1cc2[nH]nc(/C=C/c3cccc([N+](=O)[O-])c3)c2cc1NC(=O)Cc1cccs1. The number of aromatic amines is 1. The summed E-state index contributed by atoms with van der Waals surface area (Å²) in [5.41, 5.74) is 3.94. The summed E-state index contributed by atoms with van der Waals surface area (Å²) in [5.74, 6) is -0.0721. The van der Waals surface area contributed by atoms with Crippen molar-refractivity contribution < 1.29 is 9.72 Å². The van der Waals surface area contributed by atoms with E-state index in [0.717, 1.165) is 27.0 Å². The maximum Gasteiger partial charge on any atom is 0.270 e. The van der Waals surface area contributed by atoms with Crippen LogP contribution in [-0.2, 0) is 11.2 Å². The van der Waals surface area contributed by atoms with E-state index in [0.29, 0.717) is 17.7 Å². The Morgan fingerprint density at radius 2 is 2.10 bits per heavy atom. The number of hydrogen-bond acceptors (Lipinski definition) is 5. The first kappa shape index (κ1) is 19.5. The van der Waals surface area contributed by atoms with E-state index < -0.39 is 4.92 Å². The minimum Gasteiger partial charge on any atom is -0.326 e. The number of nitrogens with one attached hydrogen (secondary N) is 2. The van der Waals surface area contributed by atoms with E-state index in [1.807, 2.05) is 36.6 Å². The van der Waals surface area contributed by atoms with Gasteiger partial charge in [-0.1, -0.05) is 24.3 Å². The molecule has 0 aliphatic carbocycles. The minimum absolute atomic E-state index is 0.0374. The summed E-state index contributed by atoms with van der Waals surface area (Å²) >= 11 is 1.55. The number of thiophene rings is 1. The monoisotopic (exact) mass is 418 g/mol. The zero-order valence-corrected chi connectivity index (χ0v) is 16.9. The van der Waals surface area contributed by atoms with Gasteiger partial charge in [0.05, 0.1) is 22.6 Å². The van der Waals surface area contributed by atoms with E-state index in [1.165, 1.54) is 12.1 Å². The summed E-state index contributed by atoms with van der Waals surface area (Å²) in [6.45, 7) is 1.93. The largest absolute Gasteiger partial charge is 0.326 e. The standard InChI is InChI=1S/C22H18N4O3S/c1-14-10-21-18(13-20(14)23-22(27)12-17-6-3-9-30-17)19(24-25-21)8-7-15-4-2-5-16(11-15)26(28)29/h2-11,13H,12H2,1H3,(H,23,27)(H,24,25)/b8-7+. The average Bonchev–Trinajstić information content (AvgIpc) is 3.36. The highest BCUT2D eigenvalue weighted by Gasteiger charge is 2.11. The van der Waals surface area contributed by atoms with Crippen LogP contribution in [0.3, 0.4) is 0 Å². The number of nitro benzene ring substituents is 1. The number of amides is 1. The molecule has 2 aromatic carbocycles. The lowest BCUT2D eigenvalue weighted by Gasteiger charge is -2.08. The topological polar surface area (TPSA) is 101 Å². The summed E-state index contributed by atoms with van der Waals surface area (Å²) in [4.78, 5) is 23.9. The van der Waals surface area contributed by atoms with Crippen LogP contribution in [0.1, 0.15) is 21.7 Å². The van der Waals surface area contributed by atoms with Crippen molar-refractivity contribution in [2.75, 3.05) is 5.32 Å². The molecule has 8 heteroatoms. The number of nitro groups is 1. The Kier molecular flexibility index (Phi) is 5.40. The molecule has 0 saturated carbocycles. The van der Waals surface area contributed by atoms with Gasteiger partial charge in [0.1, 0.15) is 0 Å². The molecule has 4 rings (SSSR count). The summed E-state index contributed by atoms with van der Waals surface area (Å²) in [5, 5.41) is 24.1. The number of aryl methyl sites for hydroxylation is 1. The molecule has 30 heavy (non-hydrogen) atoms. The predicted octanol–water partition coefficient (Wildman–Crippen LogP) is 5.19. The molecule has 1 amide bonds. The number of carbonyl (C=O) groups is 1. The number of carbonyl (C=O) groups excluding carboxylic acids is 1. The van der Waals surface area contributed by atoms with Crippen molar-refractivity contribution in [2.24, 2.45) is 0 Å². The van der Waals surface area contributed by atoms with Gasteiger partial charge < -0.3 is 5.32 Å². The minimum atomic E-state index is -0.421. The third-order valence-corrected chi connectivity index (χ3v) is 5.52. The number of non-ortho nitro benzene ring substituents is 1. The molecular formula is C22H18N4O3S. The Morgan fingerprint density at radius 3 is 2.87 bits per heavy atom. The highest BCUT2D eigenvalue weighted by atomic mass is 32.1. The first-order valence-electron chi connectivity index (χ1n) is 9.23. The van der Waals surface area contributed by atoms with Crippen molar-refractivity contribution in [1.82, 2.24) is 10.2 Å². The number of anilines is 1. The number of aromatic nitrogens is 2. The van der Waals surface area contributed by atoms with Crippen molar-refractivity contribution in [3.05, 3.63) is 85.7 Å². The predicted molar refractivity (Wildman–Crippen MR) is 120 cm³/mol. The lowest BCUT2D eigenvalue weighted by atomic mass is 10.1. The second-order valence-electron chi connectivity index (χ2n) is 6.81. The Morgan fingerprint density at radius 1 is 1.23 bits per heavy atom. The van der Waals surface area contributed by atoms with Crippen LogP contribution in [0, 0.1) is 17.0 Å². The van der Waals surface area contributed by atoms with Crippen LogP contribution in [0.2, 0.25) is 0 Å². The summed E-state index contributed by atoms with van der Waals surface area (Å²) in [6, 6.07) is 14.1. The van der Waals surface area contributed by atoms with Crippen molar-refractivity contribution in [2.45, 2.75) is 13.3 Å². The highest BCUT2D eigenvalue weighted by molar-refractivity contribution is 7.10. The van der Waals surface area contributed by atoms with Gasteiger partial charge in [0, 0.05) is 28.1 Å². The molecule has 0 unspecified atom stereocenters. The Labute approximate surface area is 176 Å². The molecule has 150 valence electrons. The molecule has 7 nitrogen and oxygen atoms in total. The normalized spacial score (nSPS) is 11.2. The van der Waals surface area contributed by atoms with Crippen molar-refractivity contribution >= 4 is 51.7 Å². The zero-order chi connectivity index (χ0) is 21.1. The van der Waals surface area contributed by atoms with Crippen molar-refractivity contribution in [1.29, 1.82) is 0 Å². The van der Waals surface area contributed by atoms with Gasteiger partial charge in [-0.2, -0.15) is 5.10 Å². The van der Waals surface area contributed by atoms with Gasteiger partial charge in [0.15, 0.2) is 0 Å². The molecule has 0 radical (unpaired) electrons. The lowest BCUT2D eigenvalue weighted by Crippen LogP contribution is -2.14. The second-order valence-corrected chi connectivity index (χ2v) is 7.84. The van der Waals surface area contributed by atoms with Gasteiger partial charge in [0.2, 0.25) is 5.91 Å². The molecule has 0 atom stereocenters. The van der Waals surface area contributed by atoms with E-state index in [9.17, 15) is 14.9 Å². The van der Waals surface area contributed by atoms with Gasteiger partial charge in [-0.3, -0.25) is 20.0 Å². The second kappa shape index (κ2) is 8.30. The van der Waals surface area contributed by atoms with Crippen molar-refractivity contribution in [3.8, 4) is 0 Å². The number of nitrogens with zero attached hydrogens (tertiary/aromatic N) is 2. The molecule has 2 aromatic heterocycles. The Balaban J connectivity index is 1.59. The van der Waals surface area contributed by atoms with Crippen LogP contribution >= 0.6 is 11.3 Å². The maximum atomic E-state index is 12.4. The first-order chi connectivity index (χ1) is 14.5. The van der Waals surface area contributed by atoms with Gasteiger partial charge >= 0.3 is 0 Å². The molecule has 2 heterocycles. The number of fused-ring (bicyclic) bond motifs is 1. The molecule has 0 fully saturated rings. The lowest BCUT2D eigenvalue weighted by molar-refractivity contribution is -0.384. The first-order valence-corrected chi connectivity index (χ1v) is 10.1.